The highest BCUT2D eigenvalue weighted by Gasteiger charge is 2.26. The predicted molar refractivity (Wildman–Crippen MR) is 72.4 cm³/mol. The molecule has 19 heavy (non-hydrogen) atoms. The molecule has 1 saturated heterocycles. The molecule has 0 unspecified atom stereocenters. The van der Waals surface area contributed by atoms with Crippen LogP contribution in [-0.2, 0) is 19.1 Å². The third-order valence-electron chi connectivity index (χ3n) is 3.23. The second-order valence-corrected chi connectivity index (χ2v) is 5.68. The van der Waals surface area contributed by atoms with Crippen molar-refractivity contribution in [3.8, 4) is 0 Å². The van der Waals surface area contributed by atoms with E-state index in [2.05, 4.69) is 0 Å². The molecule has 0 aliphatic carbocycles. The van der Waals surface area contributed by atoms with E-state index in [1.165, 1.54) is 25.7 Å². The van der Waals surface area contributed by atoms with Crippen LogP contribution in [0, 0.1) is 0 Å². The number of cyclic esters (lactones) is 2. The van der Waals surface area contributed by atoms with Crippen LogP contribution in [0.15, 0.2) is 0 Å². The van der Waals surface area contributed by atoms with Crippen molar-refractivity contribution in [3.05, 3.63) is 0 Å². The van der Waals surface area contributed by atoms with Crippen molar-refractivity contribution in [3.63, 3.8) is 0 Å². The summed E-state index contributed by atoms with van der Waals surface area (Å²) in [4.78, 5) is 23.3. The number of esters is 2. The Labute approximate surface area is 115 Å². The van der Waals surface area contributed by atoms with Crippen LogP contribution < -0.4 is 0 Å². The van der Waals surface area contributed by atoms with E-state index in [4.69, 9.17) is 9.47 Å². The molecule has 1 fully saturated rings. The Morgan fingerprint density at radius 1 is 0.684 bits per heavy atom. The molecule has 110 valence electrons. The molecule has 0 atom stereocenters. The maximum atomic E-state index is 11.6. The summed E-state index contributed by atoms with van der Waals surface area (Å²) in [5, 5.41) is 0. The molecule has 0 aromatic heterocycles. The average molecular weight is 270 g/mol. The number of rotatable bonds is 0. The summed E-state index contributed by atoms with van der Waals surface area (Å²) in [5.41, 5.74) is 0. The minimum atomic E-state index is -1.14. The lowest BCUT2D eigenvalue weighted by atomic mass is 10.1. The molecular formula is C15H26O4. The van der Waals surface area contributed by atoms with Gasteiger partial charge < -0.3 is 9.47 Å². The van der Waals surface area contributed by atoms with Crippen molar-refractivity contribution >= 4 is 11.9 Å². The molecule has 0 N–H and O–H groups in total. The Morgan fingerprint density at radius 2 is 1.00 bits per heavy atom. The molecule has 4 heteroatoms. The largest absolute Gasteiger partial charge is 0.423 e. The Kier molecular flexibility index (Phi) is 6.89. The zero-order valence-corrected chi connectivity index (χ0v) is 12.2. The van der Waals surface area contributed by atoms with E-state index in [-0.39, 0.29) is 11.9 Å². The first kappa shape index (κ1) is 16.0. The van der Waals surface area contributed by atoms with Gasteiger partial charge in [-0.3, -0.25) is 9.59 Å². The molecule has 0 aromatic rings. The second-order valence-electron chi connectivity index (χ2n) is 5.68. The predicted octanol–water partition coefficient (Wildman–Crippen LogP) is 3.72. The molecule has 0 saturated carbocycles. The topological polar surface area (TPSA) is 52.6 Å². The third-order valence-corrected chi connectivity index (χ3v) is 3.23. The molecule has 0 amide bonds. The number of hydrogen-bond donors (Lipinski definition) is 0. The quantitative estimate of drug-likeness (QED) is 0.629. The monoisotopic (exact) mass is 270 g/mol. The molecule has 1 aliphatic rings. The van der Waals surface area contributed by atoms with E-state index in [1.54, 1.807) is 13.8 Å². The highest BCUT2D eigenvalue weighted by atomic mass is 16.7. The van der Waals surface area contributed by atoms with Crippen molar-refractivity contribution in [1.29, 1.82) is 0 Å². The van der Waals surface area contributed by atoms with Gasteiger partial charge in [-0.2, -0.15) is 0 Å². The lowest BCUT2D eigenvalue weighted by molar-refractivity contribution is -0.216. The van der Waals surface area contributed by atoms with Crippen LogP contribution in [0.1, 0.15) is 78.1 Å². The van der Waals surface area contributed by atoms with Crippen LogP contribution in [0.2, 0.25) is 0 Å². The highest BCUT2D eigenvalue weighted by Crippen LogP contribution is 2.17. The second kappa shape index (κ2) is 8.18. The van der Waals surface area contributed by atoms with E-state index in [9.17, 15) is 9.59 Å². The van der Waals surface area contributed by atoms with Crippen LogP contribution in [0.25, 0.3) is 0 Å². The van der Waals surface area contributed by atoms with Crippen LogP contribution in [0.4, 0.5) is 0 Å². The molecule has 4 nitrogen and oxygen atoms in total. The number of ether oxygens (including phenoxy) is 2. The van der Waals surface area contributed by atoms with Gasteiger partial charge in [0.15, 0.2) is 0 Å². The van der Waals surface area contributed by atoms with E-state index < -0.39 is 5.79 Å². The summed E-state index contributed by atoms with van der Waals surface area (Å²) >= 11 is 0. The van der Waals surface area contributed by atoms with Crippen molar-refractivity contribution in [1.82, 2.24) is 0 Å². The summed E-state index contributed by atoms with van der Waals surface area (Å²) < 4.78 is 10.4. The van der Waals surface area contributed by atoms with Crippen molar-refractivity contribution in [2.75, 3.05) is 0 Å². The molecule has 0 bridgehead atoms. The third kappa shape index (κ3) is 7.85. The molecule has 0 aromatic carbocycles. The zero-order chi connectivity index (χ0) is 14.1. The van der Waals surface area contributed by atoms with Gasteiger partial charge in [0.1, 0.15) is 0 Å². The Morgan fingerprint density at radius 3 is 1.37 bits per heavy atom. The first-order valence-corrected chi connectivity index (χ1v) is 7.43. The summed E-state index contributed by atoms with van der Waals surface area (Å²) in [6.07, 6.45) is 9.41. The fourth-order valence-electron chi connectivity index (χ4n) is 2.27. The van der Waals surface area contributed by atoms with Gasteiger partial charge in [-0.25, -0.2) is 0 Å². The first-order chi connectivity index (χ1) is 8.99. The summed E-state index contributed by atoms with van der Waals surface area (Å²) in [7, 11) is 0. The van der Waals surface area contributed by atoms with Gasteiger partial charge in [-0.05, 0) is 12.8 Å². The van der Waals surface area contributed by atoms with E-state index >= 15 is 0 Å². The minimum Gasteiger partial charge on any atom is -0.423 e. The van der Waals surface area contributed by atoms with E-state index in [0.29, 0.717) is 12.8 Å². The van der Waals surface area contributed by atoms with Crippen molar-refractivity contribution in [2.24, 2.45) is 0 Å². The first-order valence-electron chi connectivity index (χ1n) is 7.43. The fourth-order valence-corrected chi connectivity index (χ4v) is 2.27. The van der Waals surface area contributed by atoms with Crippen molar-refractivity contribution in [2.45, 2.75) is 83.8 Å². The number of carbonyl (C=O) groups excluding carboxylic acids is 2. The van der Waals surface area contributed by atoms with Gasteiger partial charge >= 0.3 is 11.9 Å². The van der Waals surface area contributed by atoms with Gasteiger partial charge in [-0.1, -0.05) is 38.5 Å². The maximum Gasteiger partial charge on any atom is 0.309 e. The van der Waals surface area contributed by atoms with Crippen LogP contribution in [-0.4, -0.2) is 17.7 Å². The molecule has 0 spiro atoms. The molecule has 0 radical (unpaired) electrons. The smallest absolute Gasteiger partial charge is 0.309 e. The molecular weight excluding hydrogens is 244 g/mol. The van der Waals surface area contributed by atoms with Gasteiger partial charge in [-0.15, -0.1) is 0 Å². The lowest BCUT2D eigenvalue weighted by Gasteiger charge is -2.25. The van der Waals surface area contributed by atoms with Crippen molar-refractivity contribution < 1.29 is 19.1 Å². The zero-order valence-electron chi connectivity index (χ0n) is 12.2. The van der Waals surface area contributed by atoms with E-state index in [0.717, 1.165) is 25.7 Å². The molecule has 1 rings (SSSR count). The van der Waals surface area contributed by atoms with Crippen LogP contribution in [0.5, 0.6) is 0 Å². The summed E-state index contributed by atoms with van der Waals surface area (Å²) in [6, 6.07) is 0. The summed E-state index contributed by atoms with van der Waals surface area (Å²) in [6.45, 7) is 3.22. The Balaban J connectivity index is 2.48. The van der Waals surface area contributed by atoms with Gasteiger partial charge in [0.05, 0.1) is 0 Å². The normalized spacial score (nSPS) is 23.7. The van der Waals surface area contributed by atoms with Gasteiger partial charge in [0, 0.05) is 26.7 Å². The SMILES string of the molecule is CC1(C)OC(=O)CCCCCCCCCCC(=O)O1. The lowest BCUT2D eigenvalue weighted by Crippen LogP contribution is -2.33. The fraction of sp³-hybridized carbons (Fsp3) is 0.867. The van der Waals surface area contributed by atoms with Gasteiger partial charge in [0.25, 0.3) is 5.79 Å². The number of carbonyl (C=O) groups is 2. The Hall–Kier alpha value is -1.06. The minimum absolute atomic E-state index is 0.285. The van der Waals surface area contributed by atoms with Crippen LogP contribution >= 0.6 is 0 Å². The maximum absolute atomic E-state index is 11.6. The highest BCUT2D eigenvalue weighted by molar-refractivity contribution is 5.71. The Bertz CT molecular complexity index is 269. The van der Waals surface area contributed by atoms with Crippen LogP contribution in [0.3, 0.4) is 0 Å². The molecule has 1 heterocycles. The van der Waals surface area contributed by atoms with E-state index in [1.807, 2.05) is 0 Å². The molecule has 1 aliphatic heterocycles. The average Bonchev–Trinajstić information content (AvgIpc) is 2.29. The number of hydrogen-bond acceptors (Lipinski definition) is 4. The standard InChI is InChI=1S/C15H26O4/c1-15(2)18-13(16)11-9-7-5-3-4-6-8-10-12-14(17)19-15/h3-12H2,1-2H3. The van der Waals surface area contributed by atoms with Gasteiger partial charge in [0.2, 0.25) is 0 Å². The summed E-state index contributed by atoms with van der Waals surface area (Å²) in [5.74, 6) is -1.71.